The van der Waals surface area contributed by atoms with E-state index < -0.39 is 17.1 Å². The van der Waals surface area contributed by atoms with Crippen molar-refractivity contribution in [2.75, 3.05) is 13.2 Å². The van der Waals surface area contributed by atoms with Crippen molar-refractivity contribution in [1.29, 1.82) is 0 Å². The van der Waals surface area contributed by atoms with Crippen LogP contribution in [0.1, 0.15) is 10.5 Å². The maximum absolute atomic E-state index is 11.9. The van der Waals surface area contributed by atoms with Crippen molar-refractivity contribution < 1.29 is 47.4 Å². The van der Waals surface area contributed by atoms with Crippen molar-refractivity contribution >= 4 is 5.91 Å². The van der Waals surface area contributed by atoms with E-state index in [2.05, 4.69) is 5.10 Å². The second-order valence-electron chi connectivity index (χ2n) is 3.33. The third kappa shape index (κ3) is 1.77. The fourth-order valence-corrected chi connectivity index (χ4v) is 1.64. The summed E-state index contributed by atoms with van der Waals surface area (Å²) in [5.74, 6) is -1.11. The molecule has 0 bridgehead atoms. The van der Waals surface area contributed by atoms with Crippen molar-refractivity contribution in [2.45, 2.75) is 0 Å². The Labute approximate surface area is 121 Å². The average molecular weight is 312 g/mol. The number of hydroxylamine groups is 1. The molecule has 9 heteroatoms. The third-order valence-corrected chi connectivity index (χ3v) is 2.40. The number of carbonyl (C=O) groups excluding carboxylic acids is 1. The molecular weight excluding hydrogens is 305 g/mol. The van der Waals surface area contributed by atoms with Crippen LogP contribution in [0, 0.1) is 6.67 Å². The number of hydrogen-bond acceptors (Lipinski definition) is 6. The quantitative estimate of drug-likeness (QED) is 0.589. The molecule has 0 aromatic carbocycles. The zero-order chi connectivity index (χ0) is 11.3. The number of aromatic nitrogens is 2. The van der Waals surface area contributed by atoms with Crippen LogP contribution in [-0.4, -0.2) is 44.1 Å². The number of fused-ring (bicyclic) bond motifs is 2. The van der Waals surface area contributed by atoms with Gasteiger partial charge in [-0.05, 0) is 6.67 Å². The number of aromatic hydroxyl groups is 1. The third-order valence-electron chi connectivity index (χ3n) is 2.40. The van der Waals surface area contributed by atoms with Gasteiger partial charge in [0.25, 0.3) is 0 Å². The van der Waals surface area contributed by atoms with E-state index in [0.29, 0.717) is 13.2 Å². The summed E-state index contributed by atoms with van der Waals surface area (Å²) in [6.07, 6.45) is 0.939. The summed E-state index contributed by atoms with van der Waals surface area (Å²) in [5, 5.41) is 15.7. The van der Waals surface area contributed by atoms with Gasteiger partial charge in [-0.3, -0.25) is 19.4 Å². The normalized spacial score (nSPS) is 18.1. The first kappa shape index (κ1) is 12.5. The van der Waals surface area contributed by atoms with Gasteiger partial charge in [0, 0.05) is 38.4 Å². The predicted octanol–water partition coefficient (Wildman–Crippen LogP) is -1.47. The summed E-state index contributed by atoms with van der Waals surface area (Å²) in [6.45, 7) is 2.11. The zero-order valence-corrected chi connectivity index (χ0v) is 11.4. The van der Waals surface area contributed by atoms with Gasteiger partial charge in [-0.1, -0.05) is 0 Å². The smallest absolute Gasteiger partial charge is 0.223 e. The number of carbonyl (C=O) groups is 1. The van der Waals surface area contributed by atoms with E-state index in [1.807, 2.05) is 0 Å². The molecule has 1 aromatic heterocycles. The SMILES string of the molecule is O=C1c2c(O)c(=O)cnn2[CH-]N2OCCN12.[Y]. The van der Waals surface area contributed by atoms with Crippen LogP contribution in [0.3, 0.4) is 0 Å². The summed E-state index contributed by atoms with van der Waals surface area (Å²) < 4.78 is 1.11. The van der Waals surface area contributed by atoms with Crippen molar-refractivity contribution in [2.24, 2.45) is 0 Å². The molecule has 0 saturated carbocycles. The van der Waals surface area contributed by atoms with E-state index in [4.69, 9.17) is 4.84 Å². The van der Waals surface area contributed by atoms with Crippen LogP contribution in [0.2, 0.25) is 0 Å². The minimum atomic E-state index is -0.679. The van der Waals surface area contributed by atoms with Crippen molar-refractivity contribution in [1.82, 2.24) is 20.0 Å². The first-order valence-corrected chi connectivity index (χ1v) is 4.58. The zero-order valence-electron chi connectivity index (χ0n) is 8.61. The Kier molecular flexibility index (Phi) is 3.22. The molecule has 3 rings (SSSR count). The first-order valence-electron chi connectivity index (χ1n) is 4.58. The number of rotatable bonds is 0. The van der Waals surface area contributed by atoms with Crippen LogP contribution < -0.4 is 5.43 Å². The largest absolute Gasteiger partial charge is 0.520 e. The second kappa shape index (κ2) is 4.37. The van der Waals surface area contributed by atoms with Crippen LogP contribution >= 0.6 is 0 Å². The van der Waals surface area contributed by atoms with Crippen molar-refractivity contribution in [3.8, 4) is 5.75 Å². The van der Waals surface area contributed by atoms with Crippen LogP contribution in [0.15, 0.2) is 11.0 Å². The molecule has 1 N–H and O–H groups in total. The average Bonchev–Trinajstić information content (AvgIpc) is 2.72. The molecule has 1 fully saturated rings. The molecule has 1 saturated heterocycles. The van der Waals surface area contributed by atoms with Crippen molar-refractivity contribution in [3.05, 3.63) is 28.8 Å². The Morgan fingerprint density at radius 1 is 1.47 bits per heavy atom. The number of nitrogens with zero attached hydrogens (tertiary/aromatic N) is 4. The molecule has 0 aliphatic carbocycles. The van der Waals surface area contributed by atoms with E-state index in [0.717, 1.165) is 10.9 Å². The number of hydrazine groups is 1. The van der Waals surface area contributed by atoms with E-state index in [1.165, 1.54) is 16.8 Å². The van der Waals surface area contributed by atoms with E-state index in [9.17, 15) is 14.7 Å². The van der Waals surface area contributed by atoms with E-state index >= 15 is 0 Å². The fraction of sp³-hybridized carbons (Fsp3) is 0.250. The summed E-state index contributed by atoms with van der Waals surface area (Å²) in [6, 6.07) is 0. The Morgan fingerprint density at radius 3 is 3.00 bits per heavy atom. The maximum Gasteiger partial charge on any atom is 0.223 e. The molecule has 8 nitrogen and oxygen atoms in total. The summed E-state index contributed by atoms with van der Waals surface area (Å²) in [5.41, 5.74) is -0.823. The molecule has 0 spiro atoms. The molecule has 2 aliphatic heterocycles. The van der Waals surface area contributed by atoms with Gasteiger partial charge in [-0.15, -0.1) is 5.17 Å². The molecule has 1 amide bonds. The first-order chi connectivity index (χ1) is 7.68. The van der Waals surface area contributed by atoms with Crippen LogP contribution in [0.25, 0.3) is 0 Å². The Hall–Kier alpha value is -0.956. The fourth-order valence-electron chi connectivity index (χ4n) is 1.64. The van der Waals surface area contributed by atoms with Gasteiger partial charge in [-0.25, -0.2) is 5.10 Å². The molecule has 1 aromatic rings. The van der Waals surface area contributed by atoms with Crippen LogP contribution in [0.4, 0.5) is 0 Å². The monoisotopic (exact) mass is 312 g/mol. The number of amides is 1. The van der Waals surface area contributed by atoms with Gasteiger partial charge in [-0.2, -0.15) is 0 Å². The molecular formula is C8H7N4O4Y-. The van der Waals surface area contributed by atoms with Crippen LogP contribution in [0.5, 0.6) is 5.75 Å². The summed E-state index contributed by atoms with van der Waals surface area (Å²) in [7, 11) is 0. The van der Waals surface area contributed by atoms with Gasteiger partial charge < -0.3 is 9.79 Å². The molecule has 2 aliphatic rings. The molecule has 3 heterocycles. The molecule has 0 unspecified atom stereocenters. The Bertz CT molecular complexity index is 531. The van der Waals surface area contributed by atoms with Gasteiger partial charge in [0.1, 0.15) is 5.75 Å². The van der Waals surface area contributed by atoms with Crippen LogP contribution in [-0.2, 0) is 37.5 Å². The van der Waals surface area contributed by atoms with Crippen molar-refractivity contribution in [3.63, 3.8) is 0 Å². The molecule has 17 heavy (non-hydrogen) atoms. The van der Waals surface area contributed by atoms with E-state index in [-0.39, 0.29) is 38.4 Å². The van der Waals surface area contributed by atoms with E-state index in [1.54, 1.807) is 0 Å². The minimum absolute atomic E-state index is 0. The molecule has 87 valence electrons. The summed E-state index contributed by atoms with van der Waals surface area (Å²) >= 11 is 0. The number of hydrogen-bond donors (Lipinski definition) is 1. The second-order valence-corrected chi connectivity index (χ2v) is 3.33. The maximum atomic E-state index is 11.9. The Balaban J connectivity index is 0.00000108. The topological polar surface area (TPSA) is 87.9 Å². The standard InChI is InChI=1S/C8H7N4O4.Y/c13-5-3-9-10-4-12-11(1-2-16-12)8(15)6(10)7(5)14;/h3-4,14H,1-2H2;/q-1;. The minimum Gasteiger partial charge on any atom is -0.520 e. The molecule has 1 radical (unpaired) electrons. The van der Waals surface area contributed by atoms with Gasteiger partial charge in [0.2, 0.25) is 11.3 Å². The summed E-state index contributed by atoms with van der Waals surface area (Å²) in [4.78, 5) is 28.2. The van der Waals surface area contributed by atoms with Gasteiger partial charge in [0.05, 0.1) is 19.3 Å². The van der Waals surface area contributed by atoms with Gasteiger partial charge >= 0.3 is 0 Å². The predicted molar refractivity (Wildman–Crippen MR) is 48.7 cm³/mol. The van der Waals surface area contributed by atoms with Gasteiger partial charge in [0.15, 0.2) is 0 Å². The molecule has 0 atom stereocenters. The Morgan fingerprint density at radius 2 is 2.24 bits per heavy atom.